The average molecular weight is 346 g/mol. The summed E-state index contributed by atoms with van der Waals surface area (Å²) in [4.78, 5) is 2.72. The molecular formula is C23H39NO. The van der Waals surface area contributed by atoms with E-state index >= 15 is 0 Å². The Morgan fingerprint density at radius 2 is 1.60 bits per heavy atom. The molecule has 0 atom stereocenters. The zero-order chi connectivity index (χ0) is 17.7. The molecule has 25 heavy (non-hydrogen) atoms. The Balaban J connectivity index is 1.81. The van der Waals surface area contributed by atoms with Crippen LogP contribution >= 0.6 is 0 Å². The number of rotatable bonds is 12. The quantitative estimate of drug-likeness (QED) is 0.404. The number of hydrogen-bond donors (Lipinski definition) is 0. The molecule has 0 bridgehead atoms. The maximum absolute atomic E-state index is 5.29. The van der Waals surface area contributed by atoms with E-state index in [1.807, 2.05) is 0 Å². The van der Waals surface area contributed by atoms with Crippen molar-refractivity contribution >= 4 is 0 Å². The van der Waals surface area contributed by atoms with Gasteiger partial charge < -0.3 is 4.74 Å². The molecule has 0 N–H and O–H groups in total. The summed E-state index contributed by atoms with van der Waals surface area (Å²) in [6.07, 6.45) is 15.5. The van der Waals surface area contributed by atoms with Crippen LogP contribution in [0.1, 0.15) is 83.1 Å². The van der Waals surface area contributed by atoms with Crippen molar-refractivity contribution in [3.63, 3.8) is 0 Å². The van der Waals surface area contributed by atoms with Gasteiger partial charge in [0.25, 0.3) is 0 Å². The second-order valence-corrected chi connectivity index (χ2v) is 7.85. The zero-order valence-electron chi connectivity index (χ0n) is 16.6. The minimum absolute atomic E-state index is 0.923. The summed E-state index contributed by atoms with van der Waals surface area (Å²) >= 11 is 0. The minimum atomic E-state index is 0.923. The van der Waals surface area contributed by atoms with Crippen LogP contribution in [-0.2, 0) is 6.54 Å². The molecule has 2 rings (SSSR count). The van der Waals surface area contributed by atoms with E-state index in [1.165, 1.54) is 89.3 Å². The summed E-state index contributed by atoms with van der Waals surface area (Å²) in [5.41, 5.74) is 1.42. The summed E-state index contributed by atoms with van der Waals surface area (Å²) in [7, 11) is 1.74. The van der Waals surface area contributed by atoms with Crippen molar-refractivity contribution in [3.05, 3.63) is 29.8 Å². The van der Waals surface area contributed by atoms with Crippen LogP contribution in [0.3, 0.4) is 0 Å². The Morgan fingerprint density at radius 1 is 0.920 bits per heavy atom. The molecule has 0 aromatic heterocycles. The number of hydrogen-bond acceptors (Lipinski definition) is 2. The van der Waals surface area contributed by atoms with Crippen LogP contribution < -0.4 is 4.74 Å². The van der Waals surface area contributed by atoms with Gasteiger partial charge in [-0.2, -0.15) is 0 Å². The van der Waals surface area contributed by atoms with Crippen LogP contribution in [0, 0.1) is 5.92 Å². The van der Waals surface area contributed by atoms with E-state index in [2.05, 4.69) is 36.1 Å². The van der Waals surface area contributed by atoms with Crippen LogP contribution in [0.25, 0.3) is 0 Å². The SMILES string of the molecule is CCCCCCCCN(Cc1ccc(OC)cc1)CC1CCCCC1. The summed E-state index contributed by atoms with van der Waals surface area (Å²) in [5.74, 6) is 1.88. The Morgan fingerprint density at radius 3 is 2.28 bits per heavy atom. The topological polar surface area (TPSA) is 12.5 Å². The van der Waals surface area contributed by atoms with Crippen LogP contribution in [0.4, 0.5) is 0 Å². The summed E-state index contributed by atoms with van der Waals surface area (Å²) < 4.78 is 5.29. The molecule has 0 aliphatic heterocycles. The Labute approximate surface area is 156 Å². The van der Waals surface area contributed by atoms with Crippen LogP contribution in [0.2, 0.25) is 0 Å². The summed E-state index contributed by atoms with van der Waals surface area (Å²) in [6.45, 7) is 5.94. The highest BCUT2D eigenvalue weighted by Gasteiger charge is 2.17. The smallest absolute Gasteiger partial charge is 0.118 e. The van der Waals surface area contributed by atoms with Crippen molar-refractivity contribution in [1.29, 1.82) is 0 Å². The second-order valence-electron chi connectivity index (χ2n) is 7.85. The molecule has 1 aliphatic rings. The van der Waals surface area contributed by atoms with Gasteiger partial charge in [0.05, 0.1) is 7.11 Å². The Hall–Kier alpha value is -1.02. The van der Waals surface area contributed by atoms with Crippen LogP contribution in [0.15, 0.2) is 24.3 Å². The van der Waals surface area contributed by atoms with E-state index < -0.39 is 0 Å². The Kier molecular flexibility index (Phi) is 10.0. The highest BCUT2D eigenvalue weighted by Crippen LogP contribution is 2.25. The molecular weight excluding hydrogens is 306 g/mol. The van der Waals surface area contributed by atoms with Gasteiger partial charge in [0, 0.05) is 13.1 Å². The standard InChI is InChI=1S/C23H39NO/c1-3-4-5-6-7-11-18-24(19-21-12-9-8-10-13-21)20-22-14-16-23(25-2)17-15-22/h14-17,21H,3-13,18-20H2,1-2H3. The van der Waals surface area contributed by atoms with Gasteiger partial charge in [0.15, 0.2) is 0 Å². The van der Waals surface area contributed by atoms with Crippen molar-refractivity contribution in [3.8, 4) is 5.75 Å². The van der Waals surface area contributed by atoms with Gasteiger partial charge in [-0.1, -0.05) is 70.4 Å². The van der Waals surface area contributed by atoms with Crippen molar-refractivity contribution in [2.45, 2.75) is 84.1 Å². The van der Waals surface area contributed by atoms with E-state index in [4.69, 9.17) is 4.74 Å². The van der Waals surface area contributed by atoms with E-state index in [0.717, 1.165) is 18.2 Å². The number of benzene rings is 1. The van der Waals surface area contributed by atoms with E-state index in [1.54, 1.807) is 7.11 Å². The molecule has 0 amide bonds. The van der Waals surface area contributed by atoms with Crippen molar-refractivity contribution < 1.29 is 4.74 Å². The highest BCUT2D eigenvalue weighted by molar-refractivity contribution is 5.27. The van der Waals surface area contributed by atoms with E-state index in [9.17, 15) is 0 Å². The van der Waals surface area contributed by atoms with Crippen LogP contribution in [-0.4, -0.2) is 25.1 Å². The molecule has 2 heteroatoms. The van der Waals surface area contributed by atoms with E-state index in [0.29, 0.717) is 0 Å². The fourth-order valence-corrected chi connectivity index (χ4v) is 4.07. The van der Waals surface area contributed by atoms with Gasteiger partial charge in [-0.05, 0) is 49.4 Å². The molecule has 0 saturated heterocycles. The molecule has 0 spiro atoms. The van der Waals surface area contributed by atoms with Gasteiger partial charge >= 0.3 is 0 Å². The number of nitrogens with zero attached hydrogens (tertiary/aromatic N) is 1. The van der Waals surface area contributed by atoms with E-state index in [-0.39, 0.29) is 0 Å². The first-order valence-corrected chi connectivity index (χ1v) is 10.7. The first-order chi connectivity index (χ1) is 12.3. The number of methoxy groups -OCH3 is 1. The zero-order valence-corrected chi connectivity index (χ0v) is 16.6. The van der Waals surface area contributed by atoms with Gasteiger partial charge in [0.1, 0.15) is 5.75 Å². The van der Waals surface area contributed by atoms with Gasteiger partial charge in [-0.25, -0.2) is 0 Å². The third kappa shape index (κ3) is 8.27. The van der Waals surface area contributed by atoms with Crippen molar-refractivity contribution in [1.82, 2.24) is 4.90 Å². The molecule has 142 valence electrons. The lowest BCUT2D eigenvalue weighted by molar-refractivity contribution is 0.190. The Bertz CT molecular complexity index is 436. The third-order valence-electron chi connectivity index (χ3n) is 5.63. The molecule has 1 aromatic carbocycles. The molecule has 0 radical (unpaired) electrons. The largest absolute Gasteiger partial charge is 0.497 e. The molecule has 1 aliphatic carbocycles. The lowest BCUT2D eigenvalue weighted by atomic mass is 9.89. The average Bonchev–Trinajstić information content (AvgIpc) is 2.66. The fraction of sp³-hybridized carbons (Fsp3) is 0.739. The van der Waals surface area contributed by atoms with Gasteiger partial charge in [0.2, 0.25) is 0 Å². The first-order valence-electron chi connectivity index (χ1n) is 10.7. The van der Waals surface area contributed by atoms with Crippen molar-refractivity contribution in [2.75, 3.05) is 20.2 Å². The molecule has 1 saturated carbocycles. The lowest BCUT2D eigenvalue weighted by Crippen LogP contribution is -2.31. The lowest BCUT2D eigenvalue weighted by Gasteiger charge is -2.30. The second kappa shape index (κ2) is 12.4. The highest BCUT2D eigenvalue weighted by atomic mass is 16.5. The monoisotopic (exact) mass is 345 g/mol. The van der Waals surface area contributed by atoms with Gasteiger partial charge in [-0.3, -0.25) is 4.90 Å². The predicted molar refractivity (Wildman–Crippen MR) is 108 cm³/mol. The van der Waals surface area contributed by atoms with Crippen LogP contribution in [0.5, 0.6) is 5.75 Å². The summed E-state index contributed by atoms with van der Waals surface area (Å²) in [6, 6.07) is 8.65. The summed E-state index contributed by atoms with van der Waals surface area (Å²) in [5, 5.41) is 0. The number of unbranched alkanes of at least 4 members (excludes halogenated alkanes) is 5. The maximum atomic E-state index is 5.29. The molecule has 1 fully saturated rings. The normalized spacial score (nSPS) is 15.6. The molecule has 1 aromatic rings. The number of ether oxygens (including phenoxy) is 1. The predicted octanol–water partition coefficient (Wildman–Crippen LogP) is 6.44. The molecule has 0 unspecified atom stereocenters. The van der Waals surface area contributed by atoms with Gasteiger partial charge in [-0.15, -0.1) is 0 Å². The minimum Gasteiger partial charge on any atom is -0.497 e. The first kappa shape index (κ1) is 20.3. The fourth-order valence-electron chi connectivity index (χ4n) is 4.07. The maximum Gasteiger partial charge on any atom is 0.118 e. The van der Waals surface area contributed by atoms with Crippen molar-refractivity contribution in [2.24, 2.45) is 5.92 Å². The molecule has 0 heterocycles. The third-order valence-corrected chi connectivity index (χ3v) is 5.63. The molecule has 2 nitrogen and oxygen atoms in total.